The van der Waals surface area contributed by atoms with Gasteiger partial charge in [0.25, 0.3) is 5.91 Å². The van der Waals surface area contributed by atoms with Gasteiger partial charge >= 0.3 is 0 Å². The van der Waals surface area contributed by atoms with Crippen LogP contribution in [0.5, 0.6) is 0 Å². The van der Waals surface area contributed by atoms with Gasteiger partial charge in [0.2, 0.25) is 5.91 Å². The molecule has 0 spiro atoms. The average Bonchev–Trinajstić information content (AvgIpc) is 2.41. The standard InChI is InChI=1S/C15H12ClIN2O2/c1-9(20)18-11-3-2-4-12(8-11)19-15(21)10-5-6-13(16)14(17)7-10/h2-8H,1H3,(H,18,20)(H,19,21). The van der Waals surface area contributed by atoms with Crippen LogP contribution in [0.15, 0.2) is 42.5 Å². The molecule has 0 atom stereocenters. The predicted molar refractivity (Wildman–Crippen MR) is 92.9 cm³/mol. The van der Waals surface area contributed by atoms with Gasteiger partial charge in [0.1, 0.15) is 0 Å². The van der Waals surface area contributed by atoms with Crippen molar-refractivity contribution in [3.63, 3.8) is 0 Å². The Hall–Kier alpha value is -1.60. The number of nitrogens with one attached hydrogen (secondary N) is 2. The summed E-state index contributed by atoms with van der Waals surface area (Å²) in [5, 5.41) is 6.06. The van der Waals surface area contributed by atoms with Gasteiger partial charge in [-0.15, -0.1) is 0 Å². The lowest BCUT2D eigenvalue weighted by molar-refractivity contribution is -0.114. The van der Waals surface area contributed by atoms with Crippen LogP contribution in [0.4, 0.5) is 11.4 Å². The number of halogens is 2. The van der Waals surface area contributed by atoms with Gasteiger partial charge in [-0.1, -0.05) is 17.7 Å². The number of rotatable bonds is 3. The molecule has 108 valence electrons. The Labute approximate surface area is 141 Å². The van der Waals surface area contributed by atoms with E-state index in [1.807, 2.05) is 0 Å². The van der Waals surface area contributed by atoms with Crippen LogP contribution in [0.3, 0.4) is 0 Å². The maximum absolute atomic E-state index is 12.2. The van der Waals surface area contributed by atoms with E-state index in [-0.39, 0.29) is 11.8 Å². The highest BCUT2D eigenvalue weighted by Gasteiger charge is 2.08. The first-order chi connectivity index (χ1) is 9.95. The molecule has 0 saturated heterocycles. The third kappa shape index (κ3) is 4.44. The van der Waals surface area contributed by atoms with Crippen molar-refractivity contribution in [2.24, 2.45) is 0 Å². The first kappa shape index (κ1) is 15.8. The van der Waals surface area contributed by atoms with Gasteiger partial charge in [0.05, 0.1) is 5.02 Å². The summed E-state index contributed by atoms with van der Waals surface area (Å²) in [5.41, 5.74) is 1.76. The number of anilines is 2. The van der Waals surface area contributed by atoms with Gasteiger partial charge in [0.15, 0.2) is 0 Å². The normalized spacial score (nSPS) is 10.0. The summed E-state index contributed by atoms with van der Waals surface area (Å²) in [7, 11) is 0. The van der Waals surface area contributed by atoms with Crippen LogP contribution in [0, 0.1) is 3.57 Å². The monoisotopic (exact) mass is 414 g/mol. The molecule has 0 unspecified atom stereocenters. The van der Waals surface area contributed by atoms with Gasteiger partial charge < -0.3 is 10.6 Å². The Kier molecular flexibility index (Phi) is 5.19. The molecule has 0 aliphatic rings. The topological polar surface area (TPSA) is 58.2 Å². The predicted octanol–water partition coefficient (Wildman–Crippen LogP) is 4.16. The highest BCUT2D eigenvalue weighted by Crippen LogP contribution is 2.21. The number of carbonyl (C=O) groups is 2. The molecule has 21 heavy (non-hydrogen) atoms. The summed E-state index contributed by atoms with van der Waals surface area (Å²) in [6.45, 7) is 1.43. The minimum absolute atomic E-state index is 0.161. The molecule has 0 bridgehead atoms. The summed E-state index contributed by atoms with van der Waals surface area (Å²) in [5.74, 6) is -0.393. The Bertz CT molecular complexity index is 704. The molecular weight excluding hydrogens is 403 g/mol. The summed E-state index contributed by atoms with van der Waals surface area (Å²) in [4.78, 5) is 23.2. The van der Waals surface area contributed by atoms with E-state index in [4.69, 9.17) is 11.6 Å². The lowest BCUT2D eigenvalue weighted by Crippen LogP contribution is -2.12. The van der Waals surface area contributed by atoms with Gasteiger partial charge in [-0.2, -0.15) is 0 Å². The Morgan fingerprint density at radius 3 is 2.33 bits per heavy atom. The Morgan fingerprint density at radius 2 is 1.71 bits per heavy atom. The fraction of sp³-hybridized carbons (Fsp3) is 0.0667. The second-order valence-corrected chi connectivity index (χ2v) is 5.91. The Morgan fingerprint density at radius 1 is 1.05 bits per heavy atom. The SMILES string of the molecule is CC(=O)Nc1cccc(NC(=O)c2ccc(Cl)c(I)c2)c1. The third-order valence-corrected chi connectivity index (χ3v) is 4.16. The molecule has 0 heterocycles. The van der Waals surface area contributed by atoms with Crippen LogP contribution in [0.2, 0.25) is 5.02 Å². The number of amides is 2. The molecule has 6 heteroatoms. The van der Waals surface area contributed by atoms with E-state index in [0.29, 0.717) is 22.0 Å². The minimum Gasteiger partial charge on any atom is -0.326 e. The molecule has 0 radical (unpaired) electrons. The van der Waals surface area contributed by atoms with Crippen LogP contribution in [0.1, 0.15) is 17.3 Å². The zero-order chi connectivity index (χ0) is 15.4. The maximum atomic E-state index is 12.2. The molecule has 0 aliphatic heterocycles. The van der Waals surface area contributed by atoms with Crippen LogP contribution in [-0.2, 0) is 4.79 Å². The van der Waals surface area contributed by atoms with Crippen molar-refractivity contribution in [2.45, 2.75) is 6.92 Å². The quantitative estimate of drug-likeness (QED) is 0.741. The van der Waals surface area contributed by atoms with Crippen molar-refractivity contribution in [1.29, 1.82) is 0 Å². The molecule has 2 aromatic carbocycles. The zero-order valence-electron chi connectivity index (χ0n) is 11.1. The molecule has 0 aliphatic carbocycles. The van der Waals surface area contributed by atoms with E-state index in [1.54, 1.807) is 42.5 Å². The van der Waals surface area contributed by atoms with Crippen molar-refractivity contribution in [1.82, 2.24) is 0 Å². The van der Waals surface area contributed by atoms with Crippen molar-refractivity contribution in [3.8, 4) is 0 Å². The minimum atomic E-state index is -0.232. The van der Waals surface area contributed by atoms with E-state index in [0.717, 1.165) is 3.57 Å². The van der Waals surface area contributed by atoms with Gasteiger partial charge in [-0.05, 0) is 59.0 Å². The van der Waals surface area contributed by atoms with Crippen molar-refractivity contribution in [3.05, 3.63) is 56.6 Å². The van der Waals surface area contributed by atoms with Crippen molar-refractivity contribution in [2.75, 3.05) is 10.6 Å². The molecule has 2 N–H and O–H groups in total. The number of hydrogen-bond acceptors (Lipinski definition) is 2. The maximum Gasteiger partial charge on any atom is 0.255 e. The number of carbonyl (C=O) groups excluding carboxylic acids is 2. The van der Waals surface area contributed by atoms with Crippen molar-refractivity contribution >= 4 is 57.4 Å². The fourth-order valence-corrected chi connectivity index (χ4v) is 2.35. The van der Waals surface area contributed by atoms with Gasteiger partial charge in [0, 0.05) is 27.4 Å². The Balaban J connectivity index is 2.15. The lowest BCUT2D eigenvalue weighted by Gasteiger charge is -2.08. The lowest BCUT2D eigenvalue weighted by atomic mass is 10.2. The summed E-state index contributed by atoms with van der Waals surface area (Å²) in [6.07, 6.45) is 0. The van der Waals surface area contributed by atoms with Crippen molar-refractivity contribution < 1.29 is 9.59 Å². The van der Waals surface area contributed by atoms with Crippen LogP contribution in [0.25, 0.3) is 0 Å². The van der Waals surface area contributed by atoms with E-state index >= 15 is 0 Å². The molecule has 2 aromatic rings. The second kappa shape index (κ2) is 6.91. The average molecular weight is 415 g/mol. The second-order valence-electron chi connectivity index (χ2n) is 4.35. The number of benzene rings is 2. The summed E-state index contributed by atoms with van der Waals surface area (Å²) in [6, 6.07) is 12.0. The highest BCUT2D eigenvalue weighted by atomic mass is 127. The molecule has 0 aromatic heterocycles. The molecule has 0 saturated carbocycles. The van der Waals surface area contributed by atoms with E-state index in [2.05, 4.69) is 33.2 Å². The molecule has 0 fully saturated rings. The summed E-state index contributed by atoms with van der Waals surface area (Å²) >= 11 is 8.01. The van der Waals surface area contributed by atoms with Gasteiger partial charge in [-0.25, -0.2) is 0 Å². The molecule has 2 amide bonds. The van der Waals surface area contributed by atoms with Crippen LogP contribution < -0.4 is 10.6 Å². The highest BCUT2D eigenvalue weighted by molar-refractivity contribution is 14.1. The largest absolute Gasteiger partial charge is 0.326 e. The van der Waals surface area contributed by atoms with E-state index < -0.39 is 0 Å². The van der Waals surface area contributed by atoms with E-state index in [9.17, 15) is 9.59 Å². The molecule has 4 nitrogen and oxygen atoms in total. The number of hydrogen-bond donors (Lipinski definition) is 2. The fourth-order valence-electron chi connectivity index (χ4n) is 1.72. The molecule has 2 rings (SSSR count). The van der Waals surface area contributed by atoms with Crippen LogP contribution >= 0.6 is 34.2 Å². The first-order valence-corrected chi connectivity index (χ1v) is 7.55. The third-order valence-electron chi connectivity index (χ3n) is 2.62. The van der Waals surface area contributed by atoms with Gasteiger partial charge in [-0.3, -0.25) is 9.59 Å². The smallest absolute Gasteiger partial charge is 0.255 e. The summed E-state index contributed by atoms with van der Waals surface area (Å²) < 4.78 is 0.814. The first-order valence-electron chi connectivity index (χ1n) is 6.10. The van der Waals surface area contributed by atoms with Crippen LogP contribution in [-0.4, -0.2) is 11.8 Å². The zero-order valence-corrected chi connectivity index (χ0v) is 14.0. The molecular formula is C15H12ClIN2O2. The van der Waals surface area contributed by atoms with E-state index in [1.165, 1.54) is 6.92 Å².